The van der Waals surface area contributed by atoms with Crippen molar-refractivity contribution in [2.24, 2.45) is 0 Å². The number of carbonyl (C=O) groups is 2. The molecule has 1 aromatic heterocycles. The molecule has 0 saturated heterocycles. The molecule has 0 bridgehead atoms. The molecular formula is C14H12ClNO3S. The number of carboxylic acid groups (broad SMARTS) is 1. The Labute approximate surface area is 125 Å². The first kappa shape index (κ1) is 14.6. The van der Waals surface area contributed by atoms with Gasteiger partial charge >= 0.3 is 5.97 Å². The summed E-state index contributed by atoms with van der Waals surface area (Å²) >= 11 is 7.47. The van der Waals surface area contributed by atoms with Gasteiger partial charge in [0.15, 0.2) is 0 Å². The molecule has 1 heterocycles. The van der Waals surface area contributed by atoms with E-state index in [4.69, 9.17) is 16.7 Å². The maximum Gasteiger partial charge on any atom is 0.305 e. The Balaban J connectivity index is 2.22. The van der Waals surface area contributed by atoms with Gasteiger partial charge in [-0.15, -0.1) is 0 Å². The molecule has 0 radical (unpaired) electrons. The summed E-state index contributed by atoms with van der Waals surface area (Å²) in [6.45, 7) is 0. The lowest BCUT2D eigenvalue weighted by Crippen LogP contribution is -2.30. The second-order valence-electron chi connectivity index (χ2n) is 4.16. The van der Waals surface area contributed by atoms with E-state index in [0.717, 1.165) is 0 Å². The molecule has 1 amide bonds. The summed E-state index contributed by atoms with van der Waals surface area (Å²) in [5.74, 6) is -1.31. The fourth-order valence-corrected chi connectivity index (χ4v) is 2.71. The van der Waals surface area contributed by atoms with Crippen molar-refractivity contribution >= 4 is 34.8 Å². The molecule has 20 heavy (non-hydrogen) atoms. The van der Waals surface area contributed by atoms with Crippen molar-refractivity contribution in [1.29, 1.82) is 0 Å². The highest BCUT2D eigenvalue weighted by Crippen LogP contribution is 2.25. The number of benzene rings is 1. The summed E-state index contributed by atoms with van der Waals surface area (Å²) < 4.78 is 0. The fourth-order valence-electron chi connectivity index (χ4n) is 1.81. The standard InChI is InChI=1S/C14H12ClNO3S/c15-11-4-2-1-3-10(11)12(7-13(17)18)16-14(19)9-5-6-20-8-9/h1-6,8,12H,7H2,(H,16,19)(H,17,18)/t12-/m0/s1. The molecule has 1 atom stereocenters. The Morgan fingerprint density at radius 1 is 1.30 bits per heavy atom. The van der Waals surface area contributed by atoms with Crippen molar-refractivity contribution in [2.45, 2.75) is 12.5 Å². The van der Waals surface area contributed by atoms with Gasteiger partial charge in [0.05, 0.1) is 18.0 Å². The monoisotopic (exact) mass is 309 g/mol. The van der Waals surface area contributed by atoms with Crippen LogP contribution >= 0.6 is 22.9 Å². The molecular weight excluding hydrogens is 298 g/mol. The highest BCUT2D eigenvalue weighted by atomic mass is 35.5. The van der Waals surface area contributed by atoms with Crippen LogP contribution in [0.3, 0.4) is 0 Å². The van der Waals surface area contributed by atoms with Crippen molar-refractivity contribution in [3.05, 3.63) is 57.2 Å². The summed E-state index contributed by atoms with van der Waals surface area (Å²) in [5.41, 5.74) is 1.11. The van der Waals surface area contributed by atoms with Crippen molar-refractivity contribution in [3.63, 3.8) is 0 Å². The molecule has 0 unspecified atom stereocenters. The van der Waals surface area contributed by atoms with Crippen molar-refractivity contribution < 1.29 is 14.7 Å². The molecule has 0 aliphatic heterocycles. The van der Waals surface area contributed by atoms with E-state index in [1.807, 2.05) is 0 Å². The van der Waals surface area contributed by atoms with E-state index in [1.54, 1.807) is 41.1 Å². The lowest BCUT2D eigenvalue weighted by atomic mass is 10.0. The molecule has 0 spiro atoms. The summed E-state index contributed by atoms with van der Waals surface area (Å²) in [5, 5.41) is 15.6. The van der Waals surface area contributed by atoms with Crippen molar-refractivity contribution in [3.8, 4) is 0 Å². The molecule has 1 aromatic carbocycles. The number of hydrogen-bond donors (Lipinski definition) is 2. The Morgan fingerprint density at radius 3 is 2.65 bits per heavy atom. The quantitative estimate of drug-likeness (QED) is 0.890. The van der Waals surface area contributed by atoms with E-state index in [0.29, 0.717) is 16.1 Å². The third-order valence-electron chi connectivity index (χ3n) is 2.75. The zero-order valence-corrected chi connectivity index (χ0v) is 11.9. The van der Waals surface area contributed by atoms with Crippen LogP contribution in [0.2, 0.25) is 5.02 Å². The maximum atomic E-state index is 12.0. The largest absolute Gasteiger partial charge is 0.481 e. The van der Waals surface area contributed by atoms with Crippen LogP contribution in [0.25, 0.3) is 0 Å². The van der Waals surface area contributed by atoms with Gasteiger partial charge < -0.3 is 10.4 Å². The first-order valence-electron chi connectivity index (χ1n) is 5.87. The third kappa shape index (κ3) is 3.59. The van der Waals surface area contributed by atoms with Crippen LogP contribution in [0.1, 0.15) is 28.4 Å². The third-order valence-corrected chi connectivity index (χ3v) is 3.78. The van der Waals surface area contributed by atoms with Crippen LogP contribution in [0.4, 0.5) is 0 Å². The van der Waals surface area contributed by atoms with E-state index in [1.165, 1.54) is 11.3 Å². The van der Waals surface area contributed by atoms with Gasteiger partial charge in [-0.2, -0.15) is 11.3 Å². The number of amides is 1. The maximum absolute atomic E-state index is 12.0. The van der Waals surface area contributed by atoms with Crippen LogP contribution in [0.5, 0.6) is 0 Å². The van der Waals surface area contributed by atoms with Crippen LogP contribution in [0.15, 0.2) is 41.1 Å². The summed E-state index contributed by atoms with van der Waals surface area (Å²) in [4.78, 5) is 23.0. The number of hydrogen-bond acceptors (Lipinski definition) is 3. The van der Waals surface area contributed by atoms with Crippen LogP contribution in [-0.2, 0) is 4.79 Å². The van der Waals surface area contributed by atoms with Gasteiger partial charge in [0.2, 0.25) is 0 Å². The highest BCUT2D eigenvalue weighted by Gasteiger charge is 2.21. The Bertz CT molecular complexity index is 613. The molecule has 2 N–H and O–H groups in total. The number of thiophene rings is 1. The summed E-state index contributed by atoms with van der Waals surface area (Å²) in [6, 6.07) is 7.92. The first-order chi connectivity index (χ1) is 9.58. The molecule has 2 aromatic rings. The zero-order valence-electron chi connectivity index (χ0n) is 10.4. The second-order valence-corrected chi connectivity index (χ2v) is 5.34. The predicted octanol–water partition coefficient (Wildman–Crippen LogP) is 3.35. The van der Waals surface area contributed by atoms with Crippen LogP contribution < -0.4 is 5.32 Å². The number of aliphatic carboxylic acids is 1. The van der Waals surface area contributed by atoms with E-state index in [2.05, 4.69) is 5.32 Å². The molecule has 4 nitrogen and oxygen atoms in total. The lowest BCUT2D eigenvalue weighted by molar-refractivity contribution is -0.137. The molecule has 0 aliphatic rings. The van der Waals surface area contributed by atoms with Crippen LogP contribution in [-0.4, -0.2) is 17.0 Å². The summed E-state index contributed by atoms with van der Waals surface area (Å²) in [7, 11) is 0. The lowest BCUT2D eigenvalue weighted by Gasteiger charge is -2.18. The average molecular weight is 310 g/mol. The minimum atomic E-state index is -1.000. The van der Waals surface area contributed by atoms with Gasteiger partial charge in [0.1, 0.15) is 0 Å². The smallest absolute Gasteiger partial charge is 0.305 e. The van der Waals surface area contributed by atoms with Crippen LogP contribution in [0, 0.1) is 0 Å². The van der Waals surface area contributed by atoms with Crippen molar-refractivity contribution in [1.82, 2.24) is 5.32 Å². The number of carbonyl (C=O) groups excluding carboxylic acids is 1. The molecule has 6 heteroatoms. The number of nitrogens with one attached hydrogen (secondary N) is 1. The second kappa shape index (κ2) is 6.54. The Morgan fingerprint density at radius 2 is 2.05 bits per heavy atom. The van der Waals surface area contributed by atoms with E-state index >= 15 is 0 Å². The highest BCUT2D eigenvalue weighted by molar-refractivity contribution is 7.08. The average Bonchev–Trinajstić information content (AvgIpc) is 2.92. The SMILES string of the molecule is O=C(O)C[C@H](NC(=O)c1ccsc1)c1ccccc1Cl. The van der Waals surface area contributed by atoms with Gasteiger partial charge in [0, 0.05) is 10.4 Å². The topological polar surface area (TPSA) is 66.4 Å². The zero-order chi connectivity index (χ0) is 14.5. The predicted molar refractivity (Wildman–Crippen MR) is 78.2 cm³/mol. The van der Waals surface area contributed by atoms with Gasteiger partial charge in [-0.25, -0.2) is 0 Å². The van der Waals surface area contributed by atoms with Gasteiger partial charge in [0.25, 0.3) is 5.91 Å². The molecule has 0 aliphatic carbocycles. The minimum Gasteiger partial charge on any atom is -0.481 e. The molecule has 0 fully saturated rings. The summed E-state index contributed by atoms with van der Waals surface area (Å²) in [6.07, 6.45) is -0.223. The van der Waals surface area contributed by atoms with Gasteiger partial charge in [-0.05, 0) is 23.1 Å². The van der Waals surface area contributed by atoms with Gasteiger partial charge in [-0.1, -0.05) is 29.8 Å². The number of halogens is 1. The van der Waals surface area contributed by atoms with Crippen molar-refractivity contribution in [2.75, 3.05) is 0 Å². The van der Waals surface area contributed by atoms with E-state index < -0.39 is 12.0 Å². The molecule has 104 valence electrons. The number of rotatable bonds is 5. The molecule has 0 saturated carbocycles. The number of carboxylic acids is 1. The Hall–Kier alpha value is -1.85. The first-order valence-corrected chi connectivity index (χ1v) is 7.19. The minimum absolute atomic E-state index is 0.223. The Kier molecular flexibility index (Phi) is 4.76. The normalized spacial score (nSPS) is 11.8. The fraction of sp³-hybridized carbons (Fsp3) is 0.143. The van der Waals surface area contributed by atoms with E-state index in [9.17, 15) is 9.59 Å². The molecule has 2 rings (SSSR count). The van der Waals surface area contributed by atoms with E-state index in [-0.39, 0.29) is 12.3 Å². The van der Waals surface area contributed by atoms with Gasteiger partial charge in [-0.3, -0.25) is 9.59 Å².